The van der Waals surface area contributed by atoms with Crippen LogP contribution in [-0.4, -0.2) is 5.71 Å². The van der Waals surface area contributed by atoms with E-state index < -0.39 is 0 Å². The van der Waals surface area contributed by atoms with Crippen LogP contribution in [0.2, 0.25) is 0 Å². The summed E-state index contributed by atoms with van der Waals surface area (Å²) in [4.78, 5) is 4.42. The molecular formula is C12H15N. The summed E-state index contributed by atoms with van der Waals surface area (Å²) in [6, 6.07) is 6.25. The molecule has 13 heavy (non-hydrogen) atoms. The van der Waals surface area contributed by atoms with Crippen LogP contribution in [0.15, 0.2) is 35.8 Å². The van der Waals surface area contributed by atoms with E-state index in [1.807, 2.05) is 13.0 Å². The zero-order valence-corrected chi connectivity index (χ0v) is 8.46. The van der Waals surface area contributed by atoms with Gasteiger partial charge in [0.25, 0.3) is 0 Å². The highest BCUT2D eigenvalue weighted by Crippen LogP contribution is 2.19. The molecule has 0 fully saturated rings. The van der Waals surface area contributed by atoms with Crippen LogP contribution in [0, 0.1) is 13.8 Å². The van der Waals surface area contributed by atoms with Crippen LogP contribution in [-0.2, 0) is 0 Å². The smallest absolute Gasteiger partial charge is 0.0662 e. The van der Waals surface area contributed by atoms with Crippen LogP contribution >= 0.6 is 0 Å². The van der Waals surface area contributed by atoms with Crippen molar-refractivity contribution in [2.45, 2.75) is 20.8 Å². The van der Waals surface area contributed by atoms with E-state index in [4.69, 9.17) is 0 Å². The number of hydrogen-bond donors (Lipinski definition) is 0. The number of aryl methyl sites for hydroxylation is 2. The van der Waals surface area contributed by atoms with Gasteiger partial charge in [0, 0.05) is 5.71 Å². The molecule has 0 aliphatic carbocycles. The maximum atomic E-state index is 4.42. The first-order valence-corrected chi connectivity index (χ1v) is 4.38. The van der Waals surface area contributed by atoms with Crippen LogP contribution < -0.4 is 0 Å². The average Bonchev–Trinajstić information content (AvgIpc) is 2.09. The van der Waals surface area contributed by atoms with Crippen LogP contribution in [0.4, 0.5) is 5.69 Å². The summed E-state index contributed by atoms with van der Waals surface area (Å²) in [5, 5.41) is 0. The largest absolute Gasteiger partial charge is 0.254 e. The third kappa shape index (κ3) is 2.55. The normalized spacial score (nSPS) is 11.5. The van der Waals surface area contributed by atoms with Gasteiger partial charge < -0.3 is 0 Å². The van der Waals surface area contributed by atoms with Crippen molar-refractivity contribution >= 4 is 11.4 Å². The van der Waals surface area contributed by atoms with Gasteiger partial charge in [0.1, 0.15) is 0 Å². The van der Waals surface area contributed by atoms with Gasteiger partial charge >= 0.3 is 0 Å². The van der Waals surface area contributed by atoms with Crippen molar-refractivity contribution in [3.8, 4) is 0 Å². The standard InChI is InChI=1S/C12H15N/c1-5-11(4)13-12-7-6-9(2)8-10(12)3/h5-8H,1H2,2-4H3. The molecule has 68 valence electrons. The second kappa shape index (κ2) is 4.04. The molecule has 0 aliphatic rings. The number of aliphatic imine (C=N–C) groups is 1. The fraction of sp³-hybridized carbons (Fsp3) is 0.250. The van der Waals surface area contributed by atoms with Crippen LogP contribution in [0.25, 0.3) is 0 Å². The van der Waals surface area contributed by atoms with Crippen molar-refractivity contribution < 1.29 is 0 Å². The lowest BCUT2D eigenvalue weighted by molar-refractivity contribution is 1.34. The highest BCUT2D eigenvalue weighted by molar-refractivity contribution is 5.94. The summed E-state index contributed by atoms with van der Waals surface area (Å²) >= 11 is 0. The number of rotatable bonds is 2. The summed E-state index contributed by atoms with van der Waals surface area (Å²) in [5.74, 6) is 0. The summed E-state index contributed by atoms with van der Waals surface area (Å²) in [6.45, 7) is 9.78. The molecule has 0 heterocycles. The lowest BCUT2D eigenvalue weighted by Crippen LogP contribution is -1.83. The van der Waals surface area contributed by atoms with Crippen molar-refractivity contribution in [3.63, 3.8) is 0 Å². The van der Waals surface area contributed by atoms with Crippen molar-refractivity contribution in [1.82, 2.24) is 0 Å². The SMILES string of the molecule is C=CC(C)=Nc1ccc(C)cc1C. The molecule has 1 nitrogen and oxygen atoms in total. The Balaban J connectivity index is 3.09. The Bertz CT molecular complexity index is 348. The second-order valence-corrected chi connectivity index (χ2v) is 3.25. The van der Waals surface area contributed by atoms with Gasteiger partial charge in [-0.2, -0.15) is 0 Å². The van der Waals surface area contributed by atoms with E-state index in [1.165, 1.54) is 11.1 Å². The Morgan fingerprint density at radius 2 is 2.08 bits per heavy atom. The Morgan fingerprint density at radius 1 is 1.38 bits per heavy atom. The first kappa shape index (κ1) is 9.72. The van der Waals surface area contributed by atoms with E-state index in [-0.39, 0.29) is 0 Å². The summed E-state index contributed by atoms with van der Waals surface area (Å²) in [6.07, 6.45) is 1.76. The van der Waals surface area contributed by atoms with E-state index in [0.717, 1.165) is 11.4 Å². The first-order chi connectivity index (χ1) is 6.13. The predicted octanol–water partition coefficient (Wildman–Crippen LogP) is 3.58. The zero-order chi connectivity index (χ0) is 9.84. The minimum Gasteiger partial charge on any atom is -0.254 e. The second-order valence-electron chi connectivity index (χ2n) is 3.25. The average molecular weight is 173 g/mol. The highest BCUT2D eigenvalue weighted by atomic mass is 14.7. The molecule has 0 saturated heterocycles. The fourth-order valence-corrected chi connectivity index (χ4v) is 1.17. The topological polar surface area (TPSA) is 12.4 Å². The maximum absolute atomic E-state index is 4.42. The molecule has 0 aromatic heterocycles. The molecule has 1 heteroatoms. The summed E-state index contributed by atoms with van der Waals surface area (Å²) in [5.41, 5.74) is 4.46. The molecule has 0 bridgehead atoms. The molecule has 0 amide bonds. The quantitative estimate of drug-likeness (QED) is 0.606. The summed E-state index contributed by atoms with van der Waals surface area (Å²) < 4.78 is 0. The molecule has 0 radical (unpaired) electrons. The molecule has 0 spiro atoms. The number of benzene rings is 1. The van der Waals surface area contributed by atoms with Gasteiger partial charge in [-0.25, -0.2) is 0 Å². The molecule has 0 N–H and O–H groups in total. The molecule has 1 aromatic carbocycles. The van der Waals surface area contributed by atoms with Crippen molar-refractivity contribution in [1.29, 1.82) is 0 Å². The van der Waals surface area contributed by atoms with Crippen molar-refractivity contribution in [2.24, 2.45) is 4.99 Å². The predicted molar refractivity (Wildman–Crippen MR) is 58.9 cm³/mol. The Hall–Kier alpha value is -1.37. The summed E-state index contributed by atoms with van der Waals surface area (Å²) in [7, 11) is 0. The molecule has 0 unspecified atom stereocenters. The van der Waals surface area contributed by atoms with Gasteiger partial charge in [0.15, 0.2) is 0 Å². The fourth-order valence-electron chi connectivity index (χ4n) is 1.17. The van der Waals surface area contributed by atoms with Gasteiger partial charge in [0.2, 0.25) is 0 Å². The molecular weight excluding hydrogens is 158 g/mol. The third-order valence-electron chi connectivity index (χ3n) is 1.94. The van der Waals surface area contributed by atoms with Gasteiger partial charge in [-0.3, -0.25) is 4.99 Å². The number of allylic oxidation sites excluding steroid dienone is 1. The highest BCUT2D eigenvalue weighted by Gasteiger charge is 1.95. The van der Waals surface area contributed by atoms with Gasteiger partial charge in [-0.05, 0) is 38.5 Å². The van der Waals surface area contributed by atoms with Gasteiger partial charge in [-0.1, -0.05) is 24.3 Å². The van der Waals surface area contributed by atoms with Crippen LogP contribution in [0.5, 0.6) is 0 Å². The monoisotopic (exact) mass is 173 g/mol. The molecule has 0 saturated carbocycles. The lowest BCUT2D eigenvalue weighted by atomic mass is 10.1. The molecule has 0 aliphatic heterocycles. The number of hydrogen-bond acceptors (Lipinski definition) is 1. The van der Waals surface area contributed by atoms with Gasteiger partial charge in [-0.15, -0.1) is 0 Å². The first-order valence-electron chi connectivity index (χ1n) is 4.38. The number of nitrogens with zero attached hydrogens (tertiary/aromatic N) is 1. The minimum atomic E-state index is 0.951. The van der Waals surface area contributed by atoms with E-state index in [9.17, 15) is 0 Å². The molecule has 1 aromatic rings. The van der Waals surface area contributed by atoms with Crippen LogP contribution in [0.1, 0.15) is 18.1 Å². The van der Waals surface area contributed by atoms with Crippen LogP contribution in [0.3, 0.4) is 0 Å². The van der Waals surface area contributed by atoms with Crippen molar-refractivity contribution in [2.75, 3.05) is 0 Å². The van der Waals surface area contributed by atoms with E-state index in [1.54, 1.807) is 6.08 Å². The lowest BCUT2D eigenvalue weighted by Gasteiger charge is -2.01. The Kier molecular flexibility index (Phi) is 3.02. The Morgan fingerprint density at radius 3 is 2.62 bits per heavy atom. The minimum absolute atomic E-state index is 0.951. The Labute approximate surface area is 79.8 Å². The molecule has 1 rings (SSSR count). The van der Waals surface area contributed by atoms with Gasteiger partial charge in [0.05, 0.1) is 5.69 Å². The van der Waals surface area contributed by atoms with E-state index >= 15 is 0 Å². The van der Waals surface area contributed by atoms with E-state index in [0.29, 0.717) is 0 Å². The third-order valence-corrected chi connectivity index (χ3v) is 1.94. The maximum Gasteiger partial charge on any atom is 0.0662 e. The molecule has 0 atom stereocenters. The van der Waals surface area contributed by atoms with Crippen molar-refractivity contribution in [3.05, 3.63) is 42.0 Å². The zero-order valence-electron chi connectivity index (χ0n) is 8.46. The van der Waals surface area contributed by atoms with E-state index in [2.05, 4.69) is 37.6 Å².